The second-order valence-corrected chi connectivity index (χ2v) is 9.28. The van der Waals surface area contributed by atoms with Crippen molar-refractivity contribution in [1.29, 1.82) is 0 Å². The lowest BCUT2D eigenvalue weighted by atomic mass is 10.1. The van der Waals surface area contributed by atoms with Crippen LogP contribution in [0.3, 0.4) is 0 Å². The van der Waals surface area contributed by atoms with E-state index in [1.807, 2.05) is 24.3 Å². The minimum Gasteiger partial charge on any atom is -0.365 e. The maximum atomic E-state index is 13.0. The predicted octanol–water partition coefficient (Wildman–Crippen LogP) is 2.42. The highest BCUT2D eigenvalue weighted by Crippen LogP contribution is 2.25. The van der Waals surface area contributed by atoms with Crippen LogP contribution in [0.5, 0.6) is 0 Å². The zero-order valence-electron chi connectivity index (χ0n) is 18.6. The number of amides is 1. The van der Waals surface area contributed by atoms with Gasteiger partial charge in [0.1, 0.15) is 15.7 Å². The van der Waals surface area contributed by atoms with Crippen LogP contribution in [0.1, 0.15) is 25.7 Å². The summed E-state index contributed by atoms with van der Waals surface area (Å²) in [6, 6.07) is 9.16. The van der Waals surface area contributed by atoms with Gasteiger partial charge in [-0.1, -0.05) is 0 Å². The molecule has 1 saturated heterocycles. The maximum absolute atomic E-state index is 13.0. The molecule has 1 fully saturated rings. The number of nitrogens with two attached hydrogens (primary N) is 1. The van der Waals surface area contributed by atoms with E-state index in [4.69, 9.17) is 5.73 Å². The van der Waals surface area contributed by atoms with Gasteiger partial charge < -0.3 is 15.5 Å². The van der Waals surface area contributed by atoms with Crippen LogP contribution in [-0.4, -0.2) is 69.8 Å². The molecule has 2 N–H and O–H groups in total. The van der Waals surface area contributed by atoms with Crippen molar-refractivity contribution >= 4 is 39.7 Å². The number of Topliss-reactive ketones (excluding diaryl/α,β-unsaturated/α-hetero) is 1. The van der Waals surface area contributed by atoms with E-state index in [0.29, 0.717) is 32.4 Å². The molecule has 1 aliphatic rings. The van der Waals surface area contributed by atoms with Crippen LogP contribution in [0.4, 0.5) is 5.82 Å². The molecule has 0 bridgehead atoms. The lowest BCUT2D eigenvalue weighted by Crippen LogP contribution is -2.44. The standard InChI is InChI=1S/C24H23N7O2S/c1-30-6-8-31(9-7-30)22-10-15(4-5-26-22)20(32)12-17-11-19-16(13-27-17)2-3-18(29-19)24-28-14-21(34-24)23(25)33/h2-5,10-11,13-14H,6-9,12H2,1H3,(H2,25,33). The van der Waals surface area contributed by atoms with Crippen molar-refractivity contribution < 1.29 is 9.59 Å². The first-order valence-electron chi connectivity index (χ1n) is 10.9. The Kier molecular flexibility index (Phi) is 5.99. The third kappa shape index (κ3) is 4.63. The number of pyridine rings is 3. The second kappa shape index (κ2) is 9.24. The second-order valence-electron chi connectivity index (χ2n) is 8.25. The highest BCUT2D eigenvalue weighted by Gasteiger charge is 2.17. The van der Waals surface area contributed by atoms with E-state index in [-0.39, 0.29) is 12.2 Å². The number of aromatic nitrogens is 4. The van der Waals surface area contributed by atoms with E-state index >= 15 is 0 Å². The van der Waals surface area contributed by atoms with Gasteiger partial charge in [0, 0.05) is 49.5 Å². The molecule has 0 aromatic carbocycles. The van der Waals surface area contributed by atoms with Crippen molar-refractivity contribution in [3.63, 3.8) is 0 Å². The van der Waals surface area contributed by atoms with Crippen LogP contribution in [0, 0.1) is 0 Å². The molecule has 4 aromatic rings. The molecule has 1 amide bonds. The number of hydrogen-bond donors (Lipinski definition) is 1. The molecule has 0 atom stereocenters. The van der Waals surface area contributed by atoms with Crippen molar-refractivity contribution in [3.05, 3.63) is 65.1 Å². The van der Waals surface area contributed by atoms with Crippen LogP contribution in [0.25, 0.3) is 21.6 Å². The van der Waals surface area contributed by atoms with Crippen LogP contribution in [0.2, 0.25) is 0 Å². The van der Waals surface area contributed by atoms with Crippen molar-refractivity contribution in [2.45, 2.75) is 6.42 Å². The summed E-state index contributed by atoms with van der Waals surface area (Å²) in [5.41, 5.74) is 7.93. The Balaban J connectivity index is 1.35. The Morgan fingerprint density at radius 1 is 1.03 bits per heavy atom. The zero-order valence-corrected chi connectivity index (χ0v) is 19.5. The van der Waals surface area contributed by atoms with Gasteiger partial charge in [0.2, 0.25) is 0 Å². The highest BCUT2D eigenvalue weighted by molar-refractivity contribution is 7.16. The van der Waals surface area contributed by atoms with Crippen molar-refractivity contribution in [3.8, 4) is 10.7 Å². The molecular weight excluding hydrogens is 450 g/mol. The molecule has 0 aliphatic carbocycles. The number of carbonyl (C=O) groups is 2. The third-order valence-electron chi connectivity index (χ3n) is 5.83. The van der Waals surface area contributed by atoms with Crippen molar-refractivity contribution in [1.82, 2.24) is 24.8 Å². The van der Waals surface area contributed by atoms with E-state index in [1.165, 1.54) is 17.5 Å². The molecule has 4 aromatic heterocycles. The molecule has 5 rings (SSSR count). The summed E-state index contributed by atoms with van der Waals surface area (Å²) in [4.78, 5) is 47.1. The predicted molar refractivity (Wildman–Crippen MR) is 131 cm³/mol. The first kappa shape index (κ1) is 22.1. The Morgan fingerprint density at radius 3 is 2.62 bits per heavy atom. The molecule has 0 radical (unpaired) electrons. The first-order chi connectivity index (χ1) is 16.5. The van der Waals surface area contributed by atoms with E-state index in [1.54, 1.807) is 18.5 Å². The van der Waals surface area contributed by atoms with Gasteiger partial charge in [-0.25, -0.2) is 15.0 Å². The lowest BCUT2D eigenvalue weighted by Gasteiger charge is -2.33. The molecule has 172 valence electrons. The van der Waals surface area contributed by atoms with Crippen LogP contribution in [0.15, 0.2) is 48.9 Å². The molecule has 1 aliphatic heterocycles. The molecular formula is C24H23N7O2S. The van der Waals surface area contributed by atoms with E-state index in [2.05, 4.69) is 36.8 Å². The molecule has 0 saturated carbocycles. The first-order valence-corrected chi connectivity index (χ1v) is 11.7. The summed E-state index contributed by atoms with van der Waals surface area (Å²) in [6.07, 6.45) is 5.03. The van der Waals surface area contributed by atoms with Gasteiger partial charge in [0.25, 0.3) is 5.91 Å². The normalized spacial score (nSPS) is 14.4. The number of piperazine rings is 1. The highest BCUT2D eigenvalue weighted by atomic mass is 32.1. The number of anilines is 1. The van der Waals surface area contributed by atoms with Gasteiger partial charge in [-0.3, -0.25) is 14.6 Å². The number of thiazole rings is 1. The molecule has 9 nitrogen and oxygen atoms in total. The Morgan fingerprint density at radius 2 is 1.85 bits per heavy atom. The Hall–Kier alpha value is -3.76. The van der Waals surface area contributed by atoms with Gasteiger partial charge in [-0.15, -0.1) is 11.3 Å². The van der Waals surface area contributed by atoms with Crippen molar-refractivity contribution in [2.24, 2.45) is 5.73 Å². The van der Waals surface area contributed by atoms with Crippen molar-refractivity contribution in [2.75, 3.05) is 38.1 Å². The quantitative estimate of drug-likeness (QED) is 0.424. The SMILES string of the molecule is CN1CCN(c2cc(C(=O)Cc3cc4nc(-c5ncc(C(N)=O)s5)ccc4cn3)ccn2)CC1. The van der Waals surface area contributed by atoms with Gasteiger partial charge in [-0.2, -0.15) is 0 Å². The van der Waals surface area contributed by atoms with Crippen LogP contribution >= 0.6 is 11.3 Å². The van der Waals surface area contributed by atoms with Gasteiger partial charge in [0.15, 0.2) is 5.78 Å². The summed E-state index contributed by atoms with van der Waals surface area (Å²) in [5.74, 6) is 0.295. The number of ketones is 1. The molecule has 5 heterocycles. The lowest BCUT2D eigenvalue weighted by molar-refractivity contribution is 0.0987. The maximum Gasteiger partial charge on any atom is 0.260 e. The number of nitrogens with zero attached hydrogens (tertiary/aromatic N) is 6. The molecule has 34 heavy (non-hydrogen) atoms. The van der Waals surface area contributed by atoms with Gasteiger partial charge in [-0.05, 0) is 37.4 Å². The number of carbonyl (C=O) groups excluding carboxylic acids is 2. The average Bonchev–Trinajstić information content (AvgIpc) is 3.35. The fourth-order valence-electron chi connectivity index (χ4n) is 3.85. The molecule has 10 heteroatoms. The number of rotatable bonds is 6. The minimum atomic E-state index is -0.513. The Labute approximate surface area is 200 Å². The van der Waals surface area contributed by atoms with E-state index in [0.717, 1.165) is 37.4 Å². The van der Waals surface area contributed by atoms with E-state index in [9.17, 15) is 9.59 Å². The third-order valence-corrected chi connectivity index (χ3v) is 6.87. The summed E-state index contributed by atoms with van der Waals surface area (Å²) in [6.45, 7) is 3.73. The minimum absolute atomic E-state index is 0.0215. The smallest absolute Gasteiger partial charge is 0.260 e. The summed E-state index contributed by atoms with van der Waals surface area (Å²) in [7, 11) is 2.11. The fourth-order valence-corrected chi connectivity index (χ4v) is 4.59. The topological polar surface area (TPSA) is 118 Å². The number of hydrogen-bond acceptors (Lipinski definition) is 9. The summed E-state index contributed by atoms with van der Waals surface area (Å²) in [5, 5.41) is 1.46. The average molecular weight is 474 g/mol. The van der Waals surface area contributed by atoms with E-state index < -0.39 is 5.91 Å². The largest absolute Gasteiger partial charge is 0.365 e. The van der Waals surface area contributed by atoms with Crippen LogP contribution < -0.4 is 10.6 Å². The monoisotopic (exact) mass is 473 g/mol. The molecule has 0 spiro atoms. The summed E-state index contributed by atoms with van der Waals surface area (Å²) >= 11 is 1.20. The van der Waals surface area contributed by atoms with Gasteiger partial charge in [0.05, 0.1) is 29.5 Å². The van der Waals surface area contributed by atoms with Crippen LogP contribution in [-0.2, 0) is 6.42 Å². The fraction of sp³-hybridized carbons (Fsp3) is 0.250. The summed E-state index contributed by atoms with van der Waals surface area (Å²) < 4.78 is 0. The molecule has 0 unspecified atom stereocenters. The van der Waals surface area contributed by atoms with Gasteiger partial charge >= 0.3 is 0 Å². The number of fused-ring (bicyclic) bond motifs is 1. The number of likely N-dealkylation sites (N-methyl/N-ethyl adjacent to an activating group) is 1. The zero-order chi connectivity index (χ0) is 23.7. The Bertz CT molecular complexity index is 1380. The number of primary amides is 1.